The van der Waals surface area contributed by atoms with Crippen molar-refractivity contribution in [2.45, 2.75) is 0 Å². The molecule has 0 fully saturated rings. The molecule has 0 aliphatic rings. The van der Waals surface area contributed by atoms with Crippen molar-refractivity contribution in [3.8, 4) is 33.7 Å². The average Bonchev–Trinajstić information content (AvgIpc) is 3.80. The van der Waals surface area contributed by atoms with E-state index < -0.39 is 0 Å². The van der Waals surface area contributed by atoms with Crippen LogP contribution in [0.5, 0.6) is 0 Å². The standard InChI is InChI=1S/C47H30N2O2/c1-2-12-32(13-3-1)37-17-6-8-22-43(37)49(35-28-29-40-39-18-7-9-23-44(39)50-45(40)30-35)34-26-24-33(25-27-34)38-19-11-21-42-46(38)51-47(48-42)41-20-10-15-31-14-4-5-16-36(31)41/h1-30H. The number of hydrogen-bond donors (Lipinski definition) is 0. The molecule has 2 heterocycles. The number of benzene rings is 8. The van der Waals surface area contributed by atoms with E-state index in [0.29, 0.717) is 5.89 Å². The topological polar surface area (TPSA) is 42.4 Å². The lowest BCUT2D eigenvalue weighted by Crippen LogP contribution is -2.11. The van der Waals surface area contributed by atoms with Crippen LogP contribution in [0.25, 0.3) is 77.5 Å². The van der Waals surface area contributed by atoms with E-state index in [1.54, 1.807) is 0 Å². The smallest absolute Gasteiger partial charge is 0.227 e. The van der Waals surface area contributed by atoms with Gasteiger partial charge in [0.05, 0.1) is 5.69 Å². The summed E-state index contributed by atoms with van der Waals surface area (Å²) in [6.07, 6.45) is 0. The zero-order chi connectivity index (χ0) is 33.7. The fraction of sp³-hybridized carbons (Fsp3) is 0. The molecule has 4 nitrogen and oxygen atoms in total. The van der Waals surface area contributed by atoms with Crippen LogP contribution in [-0.2, 0) is 0 Å². The highest BCUT2D eigenvalue weighted by Gasteiger charge is 2.20. The molecule has 0 aliphatic carbocycles. The number of nitrogens with zero attached hydrogens (tertiary/aromatic N) is 2. The number of fused-ring (bicyclic) bond motifs is 5. The normalized spacial score (nSPS) is 11.5. The van der Waals surface area contributed by atoms with Crippen LogP contribution in [0.1, 0.15) is 0 Å². The maximum Gasteiger partial charge on any atom is 0.227 e. The van der Waals surface area contributed by atoms with E-state index in [0.717, 1.165) is 88.7 Å². The van der Waals surface area contributed by atoms with Crippen molar-refractivity contribution in [2.24, 2.45) is 0 Å². The second-order valence-corrected chi connectivity index (χ2v) is 12.7. The number of hydrogen-bond acceptors (Lipinski definition) is 4. The first-order valence-corrected chi connectivity index (χ1v) is 17.1. The zero-order valence-electron chi connectivity index (χ0n) is 27.5. The summed E-state index contributed by atoms with van der Waals surface area (Å²) < 4.78 is 12.9. The lowest BCUT2D eigenvalue weighted by atomic mass is 10.0. The molecule has 8 aromatic carbocycles. The Morgan fingerprint density at radius 3 is 1.96 bits per heavy atom. The maximum absolute atomic E-state index is 6.56. The fourth-order valence-corrected chi connectivity index (χ4v) is 7.30. The van der Waals surface area contributed by atoms with Crippen molar-refractivity contribution in [2.75, 3.05) is 4.90 Å². The summed E-state index contributed by atoms with van der Waals surface area (Å²) >= 11 is 0. The van der Waals surface area contributed by atoms with E-state index in [-0.39, 0.29) is 0 Å². The van der Waals surface area contributed by atoms with Crippen molar-refractivity contribution >= 4 is 60.9 Å². The Bertz CT molecular complexity index is 2860. The summed E-state index contributed by atoms with van der Waals surface area (Å²) in [7, 11) is 0. The van der Waals surface area contributed by atoms with Crippen LogP contribution < -0.4 is 4.90 Å². The van der Waals surface area contributed by atoms with Gasteiger partial charge in [-0.05, 0) is 70.4 Å². The van der Waals surface area contributed by atoms with Gasteiger partial charge in [-0.15, -0.1) is 0 Å². The Morgan fingerprint density at radius 1 is 0.412 bits per heavy atom. The molecule has 2 aromatic heterocycles. The molecule has 0 atom stereocenters. The summed E-state index contributed by atoms with van der Waals surface area (Å²) in [5.74, 6) is 0.621. The zero-order valence-corrected chi connectivity index (χ0v) is 27.5. The van der Waals surface area contributed by atoms with Crippen LogP contribution in [0.3, 0.4) is 0 Å². The minimum absolute atomic E-state index is 0.621. The van der Waals surface area contributed by atoms with Crippen molar-refractivity contribution in [1.29, 1.82) is 0 Å². The van der Waals surface area contributed by atoms with Crippen molar-refractivity contribution in [3.05, 3.63) is 182 Å². The molecule has 0 bridgehead atoms. The molecule has 0 saturated heterocycles. The Morgan fingerprint density at radius 2 is 1.06 bits per heavy atom. The first kappa shape index (κ1) is 29.0. The highest BCUT2D eigenvalue weighted by Crippen LogP contribution is 2.43. The minimum Gasteiger partial charge on any atom is -0.456 e. The number of anilines is 3. The van der Waals surface area contributed by atoms with Gasteiger partial charge in [-0.3, -0.25) is 0 Å². The van der Waals surface area contributed by atoms with Gasteiger partial charge in [0.15, 0.2) is 5.58 Å². The maximum atomic E-state index is 6.56. The van der Waals surface area contributed by atoms with Gasteiger partial charge in [-0.1, -0.05) is 127 Å². The Hall–Kier alpha value is -6.91. The molecular weight excluding hydrogens is 625 g/mol. The quantitative estimate of drug-likeness (QED) is 0.179. The highest BCUT2D eigenvalue weighted by atomic mass is 16.3. The number of para-hydroxylation sites is 3. The molecule has 10 aromatic rings. The molecule has 51 heavy (non-hydrogen) atoms. The van der Waals surface area contributed by atoms with Gasteiger partial charge in [0, 0.05) is 44.9 Å². The molecular formula is C47H30N2O2. The largest absolute Gasteiger partial charge is 0.456 e. The van der Waals surface area contributed by atoms with E-state index >= 15 is 0 Å². The van der Waals surface area contributed by atoms with Crippen LogP contribution in [0.2, 0.25) is 0 Å². The average molecular weight is 655 g/mol. The van der Waals surface area contributed by atoms with Gasteiger partial charge in [0.1, 0.15) is 16.7 Å². The van der Waals surface area contributed by atoms with E-state index in [9.17, 15) is 0 Å². The SMILES string of the molecule is c1ccc(-c2ccccc2N(c2ccc(-c3cccc4nc(-c5cccc6ccccc56)oc34)cc2)c2ccc3c(c2)oc2ccccc23)cc1. The predicted molar refractivity (Wildman–Crippen MR) is 210 cm³/mol. The molecule has 10 rings (SSSR count). The summed E-state index contributed by atoms with van der Waals surface area (Å²) in [6.45, 7) is 0. The Kier molecular flexibility index (Phi) is 6.78. The molecule has 0 spiro atoms. The van der Waals surface area contributed by atoms with E-state index in [4.69, 9.17) is 13.8 Å². The summed E-state index contributed by atoms with van der Waals surface area (Å²) in [5, 5.41) is 4.49. The van der Waals surface area contributed by atoms with Crippen LogP contribution in [-0.4, -0.2) is 4.98 Å². The minimum atomic E-state index is 0.621. The summed E-state index contributed by atoms with van der Waals surface area (Å²) in [4.78, 5) is 7.25. The van der Waals surface area contributed by atoms with Crippen molar-refractivity contribution < 1.29 is 8.83 Å². The Labute approximate surface area is 294 Å². The third-order valence-electron chi connectivity index (χ3n) is 9.72. The van der Waals surface area contributed by atoms with Gasteiger partial charge in [0.2, 0.25) is 5.89 Å². The highest BCUT2D eigenvalue weighted by molar-refractivity contribution is 6.06. The van der Waals surface area contributed by atoms with E-state index in [1.165, 1.54) is 0 Å². The molecule has 0 unspecified atom stereocenters. The Balaban J connectivity index is 1.10. The molecule has 0 amide bonds. The summed E-state index contributed by atoms with van der Waals surface area (Å²) in [5.41, 5.74) is 11.8. The number of rotatable bonds is 6. The molecule has 0 aliphatic heterocycles. The number of furan rings is 1. The lowest BCUT2D eigenvalue weighted by Gasteiger charge is -2.28. The third-order valence-corrected chi connectivity index (χ3v) is 9.72. The number of oxazole rings is 1. The van der Waals surface area contributed by atoms with Crippen LogP contribution in [0.15, 0.2) is 191 Å². The molecule has 0 saturated carbocycles. The second kappa shape index (κ2) is 11.9. The third kappa shape index (κ3) is 4.96. The van der Waals surface area contributed by atoms with Crippen molar-refractivity contribution in [3.63, 3.8) is 0 Å². The monoisotopic (exact) mass is 654 g/mol. The van der Waals surface area contributed by atoms with Crippen LogP contribution in [0, 0.1) is 0 Å². The lowest BCUT2D eigenvalue weighted by molar-refractivity contribution is 0.621. The molecule has 0 N–H and O–H groups in total. The van der Waals surface area contributed by atoms with E-state index in [2.05, 4.69) is 163 Å². The van der Waals surface area contributed by atoms with Gasteiger partial charge in [-0.25, -0.2) is 4.98 Å². The van der Waals surface area contributed by atoms with Crippen LogP contribution >= 0.6 is 0 Å². The first-order chi connectivity index (χ1) is 25.3. The molecule has 0 radical (unpaired) electrons. The van der Waals surface area contributed by atoms with Gasteiger partial charge in [-0.2, -0.15) is 0 Å². The second-order valence-electron chi connectivity index (χ2n) is 12.7. The predicted octanol–water partition coefficient (Wildman–Crippen LogP) is 13.4. The fourth-order valence-electron chi connectivity index (χ4n) is 7.30. The van der Waals surface area contributed by atoms with Crippen molar-refractivity contribution in [1.82, 2.24) is 4.98 Å². The van der Waals surface area contributed by atoms with Gasteiger partial charge >= 0.3 is 0 Å². The van der Waals surface area contributed by atoms with Gasteiger partial charge < -0.3 is 13.7 Å². The van der Waals surface area contributed by atoms with Gasteiger partial charge in [0.25, 0.3) is 0 Å². The first-order valence-electron chi connectivity index (χ1n) is 17.1. The van der Waals surface area contributed by atoms with E-state index in [1.807, 2.05) is 24.3 Å². The van der Waals surface area contributed by atoms with Crippen LogP contribution in [0.4, 0.5) is 17.1 Å². The molecule has 4 heteroatoms. The molecule has 240 valence electrons. The number of aromatic nitrogens is 1. The summed E-state index contributed by atoms with van der Waals surface area (Å²) in [6, 6.07) is 63.3.